The van der Waals surface area contributed by atoms with Gasteiger partial charge in [-0.2, -0.15) is 0 Å². The molecule has 2 aliphatic rings. The van der Waals surface area contributed by atoms with Crippen LogP contribution in [0, 0.1) is 17.3 Å². The second-order valence-electron chi connectivity index (χ2n) is 12.8. The summed E-state index contributed by atoms with van der Waals surface area (Å²) in [5.74, 6) is -0.895. The van der Waals surface area contributed by atoms with Crippen LogP contribution in [0.2, 0.25) is 0 Å². The Kier molecular flexibility index (Phi) is 10.3. The Bertz CT molecular complexity index is 959. The summed E-state index contributed by atoms with van der Waals surface area (Å²) < 4.78 is 20.0. The molecule has 0 spiro atoms. The fourth-order valence-corrected chi connectivity index (χ4v) is 6.13. The number of rotatable bonds is 11. The maximum absolute atomic E-state index is 12.1. The lowest BCUT2D eigenvalue weighted by Gasteiger charge is -2.40. The first-order chi connectivity index (χ1) is 18.2. The molecule has 1 aliphatic heterocycles. The van der Waals surface area contributed by atoms with Crippen LogP contribution in [0.25, 0.3) is 0 Å². The summed E-state index contributed by atoms with van der Waals surface area (Å²) in [4.78, 5) is 28.9. The Labute approximate surface area is 232 Å². The minimum Gasteiger partial charge on any atom is -0.492 e. The van der Waals surface area contributed by atoms with Crippen LogP contribution in [0.3, 0.4) is 0 Å². The van der Waals surface area contributed by atoms with Crippen molar-refractivity contribution in [1.82, 2.24) is 10.0 Å². The number of aromatic nitrogens is 1. The van der Waals surface area contributed by atoms with Gasteiger partial charge in [0, 0.05) is 57.1 Å². The molecular formula is C29H48N2O8. The minimum atomic E-state index is -0.656. The van der Waals surface area contributed by atoms with Crippen molar-refractivity contribution in [2.24, 2.45) is 17.3 Å². The van der Waals surface area contributed by atoms with E-state index in [4.69, 9.17) is 19.0 Å². The van der Waals surface area contributed by atoms with Gasteiger partial charge in [-0.05, 0) is 57.8 Å². The maximum atomic E-state index is 12.1. The molecule has 3 N–H and O–H groups in total. The van der Waals surface area contributed by atoms with E-state index in [0.717, 1.165) is 25.9 Å². The minimum absolute atomic E-state index is 0.0115. The molecule has 1 saturated heterocycles. The van der Waals surface area contributed by atoms with E-state index in [2.05, 4.69) is 46.9 Å². The third-order valence-electron chi connectivity index (χ3n) is 7.94. The molecule has 2 fully saturated rings. The monoisotopic (exact) mass is 552 g/mol. The van der Waals surface area contributed by atoms with Crippen molar-refractivity contribution in [3.63, 3.8) is 0 Å². The molecular weight excluding hydrogens is 504 g/mol. The first-order valence-corrected chi connectivity index (χ1v) is 14.2. The maximum Gasteiger partial charge on any atom is 0.333 e. The molecule has 1 aliphatic carbocycles. The summed E-state index contributed by atoms with van der Waals surface area (Å²) in [6.07, 6.45) is 3.90. The third-order valence-corrected chi connectivity index (χ3v) is 7.94. The van der Waals surface area contributed by atoms with Gasteiger partial charge in [-0.1, -0.05) is 20.8 Å². The molecule has 10 nitrogen and oxygen atoms in total. The van der Waals surface area contributed by atoms with Crippen LogP contribution in [-0.2, 0) is 23.8 Å². The second kappa shape index (κ2) is 12.9. The molecule has 222 valence electrons. The Morgan fingerprint density at radius 3 is 2.49 bits per heavy atom. The highest BCUT2D eigenvalue weighted by Gasteiger charge is 2.54. The van der Waals surface area contributed by atoms with Crippen LogP contribution in [-0.4, -0.2) is 70.5 Å². The number of fused-ring (bicyclic) bond motifs is 2. The van der Waals surface area contributed by atoms with Crippen LogP contribution in [0.15, 0.2) is 12.1 Å². The van der Waals surface area contributed by atoms with Gasteiger partial charge in [0.25, 0.3) is 0 Å². The average molecular weight is 553 g/mol. The summed E-state index contributed by atoms with van der Waals surface area (Å²) in [7, 11) is 0. The molecule has 10 heteroatoms. The zero-order chi connectivity index (χ0) is 28.8. The van der Waals surface area contributed by atoms with E-state index in [0.29, 0.717) is 36.8 Å². The molecule has 0 aromatic carbocycles. The van der Waals surface area contributed by atoms with Crippen LogP contribution in [0.4, 0.5) is 0 Å². The largest absolute Gasteiger partial charge is 0.492 e. The number of aromatic hydroxyl groups is 2. The van der Waals surface area contributed by atoms with E-state index in [1.54, 1.807) is 0 Å². The van der Waals surface area contributed by atoms with Gasteiger partial charge in [-0.25, -0.2) is 4.79 Å². The van der Waals surface area contributed by atoms with Crippen LogP contribution >= 0.6 is 0 Å². The number of hydrogen-bond donors (Lipinski definition) is 3. The van der Waals surface area contributed by atoms with E-state index in [-0.39, 0.29) is 65.6 Å². The molecule has 0 radical (unpaired) electrons. The summed E-state index contributed by atoms with van der Waals surface area (Å²) in [5, 5.41) is 21.9. The predicted molar refractivity (Wildman–Crippen MR) is 145 cm³/mol. The van der Waals surface area contributed by atoms with Gasteiger partial charge in [0.15, 0.2) is 0 Å². The first-order valence-electron chi connectivity index (χ1n) is 14.2. The summed E-state index contributed by atoms with van der Waals surface area (Å²) in [6.45, 7) is 15.8. The normalized spacial score (nSPS) is 29.5. The van der Waals surface area contributed by atoms with Gasteiger partial charge >= 0.3 is 5.97 Å². The Balaban J connectivity index is 1.36. The van der Waals surface area contributed by atoms with Crippen molar-refractivity contribution in [3.8, 4) is 11.8 Å². The average Bonchev–Trinajstić information content (AvgIpc) is 3.31. The van der Waals surface area contributed by atoms with E-state index >= 15 is 0 Å². The Morgan fingerprint density at radius 2 is 1.79 bits per heavy atom. The van der Waals surface area contributed by atoms with Crippen LogP contribution in [0.1, 0.15) is 86.5 Å². The highest BCUT2D eigenvalue weighted by molar-refractivity contribution is 5.77. The van der Waals surface area contributed by atoms with E-state index < -0.39 is 5.97 Å². The Morgan fingerprint density at radius 1 is 1.10 bits per heavy atom. The molecule has 2 bridgehead atoms. The van der Waals surface area contributed by atoms with Crippen molar-refractivity contribution < 1.29 is 38.9 Å². The second-order valence-corrected chi connectivity index (χ2v) is 12.8. The number of amides is 1. The lowest BCUT2D eigenvalue weighted by atomic mass is 9.83. The van der Waals surface area contributed by atoms with Crippen molar-refractivity contribution in [3.05, 3.63) is 12.1 Å². The fourth-order valence-electron chi connectivity index (χ4n) is 6.13. The van der Waals surface area contributed by atoms with Crippen molar-refractivity contribution in [2.45, 2.75) is 104 Å². The van der Waals surface area contributed by atoms with Crippen molar-refractivity contribution in [2.75, 3.05) is 26.4 Å². The topological polar surface area (TPSA) is 128 Å². The summed E-state index contributed by atoms with van der Waals surface area (Å²) >= 11 is 0. The number of ether oxygens (including phenoxy) is 3. The number of carbonyl (C=O) groups is 2. The lowest BCUT2D eigenvalue weighted by Crippen LogP contribution is -2.43. The van der Waals surface area contributed by atoms with Gasteiger partial charge in [-0.15, -0.1) is 4.73 Å². The number of nitrogens with one attached hydrogen (secondary N) is 1. The molecule has 1 amide bonds. The SMILES string of the molecule is CC1COC2(C)CC(C(C)OCCCNC(=O)CCCC(=O)On3c(O)ccc3O)C(C)(C2)OCC(C)(C)C1. The highest BCUT2D eigenvalue weighted by Crippen LogP contribution is 2.50. The fraction of sp³-hybridized carbons (Fsp3) is 0.793. The summed E-state index contributed by atoms with van der Waals surface area (Å²) in [6, 6.07) is 2.41. The van der Waals surface area contributed by atoms with Gasteiger partial charge in [-0.3, -0.25) is 4.79 Å². The summed E-state index contributed by atoms with van der Waals surface area (Å²) in [5.41, 5.74) is -0.459. The standard InChI is InChI=1S/C29H48N2O8/c1-20-15-27(3,4)19-38-29(6)18-28(5,37-17-20)16-22(29)21(2)36-14-8-13-30-23(32)9-7-10-26(35)39-31-24(33)11-12-25(31)34/h11-12,20-22,33-34H,7-10,13-19H2,1-6H3,(H,30,32). The zero-order valence-electron chi connectivity index (χ0n) is 24.5. The van der Waals surface area contributed by atoms with Crippen molar-refractivity contribution >= 4 is 11.9 Å². The molecule has 39 heavy (non-hydrogen) atoms. The van der Waals surface area contributed by atoms with Crippen LogP contribution in [0.5, 0.6) is 11.8 Å². The Hall–Kier alpha value is -2.30. The zero-order valence-corrected chi connectivity index (χ0v) is 24.5. The third kappa shape index (κ3) is 8.85. The van der Waals surface area contributed by atoms with Gasteiger partial charge in [0.2, 0.25) is 17.7 Å². The highest BCUT2D eigenvalue weighted by atomic mass is 16.7. The van der Waals surface area contributed by atoms with E-state index in [1.807, 2.05) is 0 Å². The molecule has 2 heterocycles. The van der Waals surface area contributed by atoms with E-state index in [9.17, 15) is 19.8 Å². The van der Waals surface area contributed by atoms with E-state index in [1.165, 1.54) is 12.1 Å². The molecule has 1 aromatic heterocycles. The number of nitrogens with zero attached hydrogens (tertiary/aromatic N) is 1. The van der Waals surface area contributed by atoms with Gasteiger partial charge in [0.1, 0.15) is 0 Å². The van der Waals surface area contributed by atoms with Gasteiger partial charge < -0.3 is 34.6 Å². The number of hydrogen-bond acceptors (Lipinski definition) is 8. The molecule has 1 aromatic rings. The first kappa shape index (κ1) is 31.2. The predicted octanol–water partition coefficient (Wildman–Crippen LogP) is 3.96. The number of carbonyl (C=O) groups excluding carboxylic acids is 2. The molecule has 1 saturated carbocycles. The quantitative estimate of drug-likeness (QED) is 0.352. The smallest absolute Gasteiger partial charge is 0.333 e. The van der Waals surface area contributed by atoms with Crippen molar-refractivity contribution in [1.29, 1.82) is 0 Å². The van der Waals surface area contributed by atoms with Crippen LogP contribution < -0.4 is 10.2 Å². The molecule has 5 atom stereocenters. The molecule has 5 unspecified atom stereocenters. The lowest BCUT2D eigenvalue weighted by molar-refractivity contribution is -0.145. The molecule has 3 rings (SSSR count). The van der Waals surface area contributed by atoms with Gasteiger partial charge in [0.05, 0.1) is 23.9 Å².